The summed E-state index contributed by atoms with van der Waals surface area (Å²) in [5, 5.41) is 1.06. The Kier molecular flexibility index (Phi) is 5.90. The van der Waals surface area contributed by atoms with Crippen LogP contribution in [0.3, 0.4) is 0 Å². The molecule has 0 spiro atoms. The van der Waals surface area contributed by atoms with Crippen molar-refractivity contribution in [3.63, 3.8) is 0 Å². The van der Waals surface area contributed by atoms with Gasteiger partial charge in [-0.15, -0.1) is 0 Å². The van der Waals surface area contributed by atoms with Crippen molar-refractivity contribution in [2.75, 3.05) is 0 Å². The number of rotatable bonds is 6. The fraction of sp³-hybridized carbons (Fsp3) is 0.0357. The average molecular weight is 430 g/mol. The quantitative estimate of drug-likeness (QED) is 0.276. The predicted octanol–water partition coefficient (Wildman–Crippen LogP) is 6.87. The number of fused-ring (bicyclic) bond motifs is 1. The Labute approximate surface area is 194 Å². The Balaban J connectivity index is 1.45. The molecule has 0 aliphatic heterocycles. The summed E-state index contributed by atoms with van der Waals surface area (Å²) in [6, 6.07) is 37.0. The second-order valence-electron chi connectivity index (χ2n) is 7.56. The van der Waals surface area contributed by atoms with Gasteiger partial charge in [-0.05, 0) is 41.8 Å². The van der Waals surface area contributed by atoms with E-state index in [-0.39, 0.29) is 0 Å². The number of hydrogen-bond donors (Lipinski definition) is 0. The summed E-state index contributed by atoms with van der Waals surface area (Å²) < 4.78 is 12.4. The maximum absolute atomic E-state index is 6.27. The van der Waals surface area contributed by atoms with E-state index in [2.05, 4.69) is 53.5 Å². The summed E-state index contributed by atoms with van der Waals surface area (Å²) in [4.78, 5) is 4.65. The first kappa shape index (κ1) is 20.3. The van der Waals surface area contributed by atoms with Crippen LogP contribution in [0.15, 0.2) is 109 Å². The van der Waals surface area contributed by atoms with Crippen LogP contribution in [0.25, 0.3) is 33.2 Å². The van der Waals surface area contributed by atoms with Crippen molar-refractivity contribution in [2.24, 2.45) is 0 Å². The molecule has 5 aromatic rings. The SMILES string of the molecule is Cc1ccc2cccc([O][Al][O]c3cc(-c4ccccc4)ccc3-c3ccccc3)c2n1. The molecule has 5 rings (SSSR count). The zero-order chi connectivity index (χ0) is 21.8. The van der Waals surface area contributed by atoms with E-state index in [1.54, 1.807) is 0 Å². The number of para-hydroxylation sites is 1. The van der Waals surface area contributed by atoms with E-state index in [4.69, 9.17) is 7.58 Å². The maximum Gasteiger partial charge on any atom is 0.881 e. The zero-order valence-electron chi connectivity index (χ0n) is 17.7. The standard InChI is InChI=1S/C18H14O.C10H9NO.Al/c19-18-13-16(14-7-3-1-4-8-14)11-12-17(18)15-9-5-2-6-10-15;1-7-5-6-8-3-2-4-9(12)10(8)11-7;/h1-13,19H;2-6,12H,1H3;/q;;+2/p-2. The van der Waals surface area contributed by atoms with E-state index < -0.39 is 15.9 Å². The van der Waals surface area contributed by atoms with Gasteiger partial charge in [-0.25, -0.2) is 4.98 Å². The smallest absolute Gasteiger partial charge is 0.615 e. The van der Waals surface area contributed by atoms with Gasteiger partial charge in [0.15, 0.2) is 0 Å². The van der Waals surface area contributed by atoms with Crippen molar-refractivity contribution >= 4 is 26.8 Å². The first-order valence-corrected chi connectivity index (χ1v) is 11.5. The highest BCUT2D eigenvalue weighted by atomic mass is 27.2. The van der Waals surface area contributed by atoms with E-state index >= 15 is 0 Å². The van der Waals surface area contributed by atoms with Crippen LogP contribution in [-0.2, 0) is 0 Å². The number of aryl methyl sites for hydroxylation is 1. The molecule has 3 nitrogen and oxygen atoms in total. The molecule has 0 saturated carbocycles. The lowest BCUT2D eigenvalue weighted by Gasteiger charge is -2.15. The third-order valence-electron chi connectivity index (χ3n) is 5.35. The lowest BCUT2D eigenvalue weighted by Crippen LogP contribution is -2.12. The molecule has 4 aromatic carbocycles. The molecule has 4 heteroatoms. The second-order valence-corrected chi connectivity index (χ2v) is 8.22. The molecule has 0 atom stereocenters. The molecular weight excluding hydrogens is 409 g/mol. The maximum atomic E-state index is 6.27. The molecule has 32 heavy (non-hydrogen) atoms. The van der Waals surface area contributed by atoms with Crippen LogP contribution in [0, 0.1) is 6.92 Å². The van der Waals surface area contributed by atoms with Gasteiger partial charge in [-0.1, -0.05) is 91.0 Å². The third kappa shape index (κ3) is 4.38. The molecule has 1 radical (unpaired) electrons. The molecule has 1 aromatic heterocycles. The van der Waals surface area contributed by atoms with Crippen molar-refractivity contribution in [1.82, 2.24) is 4.98 Å². The number of aromatic nitrogens is 1. The van der Waals surface area contributed by atoms with Crippen LogP contribution in [0.1, 0.15) is 5.69 Å². The largest absolute Gasteiger partial charge is 0.881 e. The van der Waals surface area contributed by atoms with Crippen LogP contribution < -0.4 is 7.58 Å². The van der Waals surface area contributed by atoms with Gasteiger partial charge in [-0.3, -0.25) is 0 Å². The molecule has 0 N–H and O–H groups in total. The summed E-state index contributed by atoms with van der Waals surface area (Å²) in [6.07, 6.45) is 0. The molecule has 0 amide bonds. The zero-order valence-corrected chi connectivity index (χ0v) is 18.9. The molecule has 0 fully saturated rings. The Morgan fingerprint density at radius 2 is 1.31 bits per heavy atom. The second kappa shape index (κ2) is 9.28. The summed E-state index contributed by atoms with van der Waals surface area (Å²) in [5.74, 6) is 1.57. The van der Waals surface area contributed by atoms with Crippen molar-refractivity contribution in [3.8, 4) is 33.8 Å². The monoisotopic (exact) mass is 430 g/mol. The van der Waals surface area contributed by atoms with E-state index in [9.17, 15) is 0 Å². The summed E-state index contributed by atoms with van der Waals surface area (Å²) >= 11 is -0.773. The Morgan fingerprint density at radius 3 is 2.09 bits per heavy atom. The van der Waals surface area contributed by atoms with E-state index in [1.807, 2.05) is 67.6 Å². The minimum absolute atomic E-state index is 0.752. The summed E-state index contributed by atoms with van der Waals surface area (Å²) in [6.45, 7) is 1.99. The van der Waals surface area contributed by atoms with Gasteiger partial charge in [-0.2, -0.15) is 0 Å². The van der Waals surface area contributed by atoms with E-state index in [0.717, 1.165) is 50.3 Å². The van der Waals surface area contributed by atoms with Gasteiger partial charge in [0.25, 0.3) is 0 Å². The number of nitrogens with zero attached hydrogens (tertiary/aromatic N) is 1. The molecular formula is C28H21AlNO2. The van der Waals surface area contributed by atoms with Crippen LogP contribution in [0.5, 0.6) is 11.5 Å². The lowest BCUT2D eigenvalue weighted by molar-refractivity contribution is 0.462. The highest BCUT2D eigenvalue weighted by Crippen LogP contribution is 2.34. The van der Waals surface area contributed by atoms with Gasteiger partial charge in [0, 0.05) is 16.6 Å². The van der Waals surface area contributed by atoms with Crippen LogP contribution in [0.2, 0.25) is 0 Å². The predicted molar refractivity (Wildman–Crippen MR) is 131 cm³/mol. The molecule has 0 aliphatic rings. The number of hydrogen-bond acceptors (Lipinski definition) is 3. The van der Waals surface area contributed by atoms with Crippen molar-refractivity contribution in [2.45, 2.75) is 6.92 Å². The van der Waals surface area contributed by atoms with E-state index in [0.29, 0.717) is 0 Å². The van der Waals surface area contributed by atoms with Gasteiger partial charge >= 0.3 is 15.9 Å². The van der Waals surface area contributed by atoms with Gasteiger partial charge in [0.05, 0.1) is 5.75 Å². The van der Waals surface area contributed by atoms with Crippen molar-refractivity contribution < 1.29 is 7.58 Å². The molecule has 0 bridgehead atoms. The van der Waals surface area contributed by atoms with Gasteiger partial charge in [0.2, 0.25) is 0 Å². The minimum Gasteiger partial charge on any atom is -0.615 e. The highest BCUT2D eigenvalue weighted by molar-refractivity contribution is 6.21. The topological polar surface area (TPSA) is 31.4 Å². The van der Waals surface area contributed by atoms with Crippen molar-refractivity contribution in [1.29, 1.82) is 0 Å². The fourth-order valence-corrected chi connectivity index (χ4v) is 4.37. The summed E-state index contributed by atoms with van der Waals surface area (Å²) in [7, 11) is 0. The first-order chi connectivity index (χ1) is 15.8. The molecule has 153 valence electrons. The molecule has 0 aliphatic carbocycles. The number of pyridine rings is 1. The molecule has 0 unspecified atom stereocenters. The average Bonchev–Trinajstić information content (AvgIpc) is 2.85. The molecule has 1 heterocycles. The fourth-order valence-electron chi connectivity index (χ4n) is 3.73. The van der Waals surface area contributed by atoms with Gasteiger partial charge < -0.3 is 7.58 Å². The first-order valence-electron chi connectivity index (χ1n) is 10.5. The van der Waals surface area contributed by atoms with E-state index in [1.165, 1.54) is 0 Å². The molecule has 0 saturated heterocycles. The minimum atomic E-state index is -0.773. The lowest BCUT2D eigenvalue weighted by atomic mass is 9.99. The normalized spacial score (nSPS) is 10.7. The Bertz CT molecular complexity index is 1350. The van der Waals surface area contributed by atoms with Gasteiger partial charge in [0.1, 0.15) is 11.3 Å². The van der Waals surface area contributed by atoms with Crippen molar-refractivity contribution in [3.05, 3.63) is 115 Å². The van der Waals surface area contributed by atoms with Crippen LogP contribution in [0.4, 0.5) is 0 Å². The third-order valence-corrected chi connectivity index (χ3v) is 6.05. The van der Waals surface area contributed by atoms with Crippen LogP contribution in [-0.4, -0.2) is 20.9 Å². The highest BCUT2D eigenvalue weighted by Gasteiger charge is 2.14. The number of benzene rings is 4. The Hall–Kier alpha value is -3.58. The Morgan fingerprint density at radius 1 is 0.594 bits per heavy atom. The summed E-state index contributed by atoms with van der Waals surface area (Å²) in [5.41, 5.74) is 6.26. The van der Waals surface area contributed by atoms with Crippen LogP contribution >= 0.6 is 0 Å².